The van der Waals surface area contributed by atoms with Crippen LogP contribution in [-0.2, 0) is 10.5 Å². The average molecular weight is 349 g/mol. The summed E-state index contributed by atoms with van der Waals surface area (Å²) in [5.41, 5.74) is 4.15. The lowest BCUT2D eigenvalue weighted by molar-refractivity contribution is -0.119. The molecule has 0 saturated heterocycles. The Morgan fingerprint density at radius 3 is 2.74 bits per heavy atom. The molecule has 8 heteroatoms. The molecule has 0 spiro atoms. The van der Waals surface area contributed by atoms with Crippen molar-refractivity contribution in [1.82, 2.24) is 20.2 Å². The van der Waals surface area contributed by atoms with Crippen LogP contribution in [0, 0.1) is 6.92 Å². The monoisotopic (exact) mass is 349 g/mol. The molecule has 0 aliphatic rings. The lowest BCUT2D eigenvalue weighted by Gasteiger charge is -2.12. The number of rotatable bonds is 6. The molecular weight excluding hydrogens is 330 g/mol. The maximum Gasteiger partial charge on any atom is 0.226 e. The third-order valence-electron chi connectivity index (χ3n) is 2.95. The number of benzene rings is 1. The Morgan fingerprint density at radius 1 is 1.30 bits per heavy atom. The summed E-state index contributed by atoms with van der Waals surface area (Å²) < 4.78 is 1.68. The van der Waals surface area contributed by atoms with E-state index in [1.54, 1.807) is 16.4 Å². The van der Waals surface area contributed by atoms with Gasteiger partial charge in [-0.2, -0.15) is 0 Å². The van der Waals surface area contributed by atoms with Crippen LogP contribution in [0.5, 0.6) is 0 Å². The first-order valence-corrected chi connectivity index (χ1v) is 8.69. The lowest BCUT2D eigenvalue weighted by atomic mass is 10.2. The molecule has 0 fully saturated rings. The van der Waals surface area contributed by atoms with Crippen LogP contribution in [0.4, 0.5) is 0 Å². The second-order valence-electron chi connectivity index (χ2n) is 4.88. The van der Waals surface area contributed by atoms with E-state index in [-0.39, 0.29) is 11.0 Å². The summed E-state index contributed by atoms with van der Waals surface area (Å²) in [5, 5.41) is 11.8. The second kappa shape index (κ2) is 8.64. The van der Waals surface area contributed by atoms with Crippen molar-refractivity contribution in [3.63, 3.8) is 0 Å². The van der Waals surface area contributed by atoms with Crippen LogP contribution >= 0.6 is 24.0 Å². The van der Waals surface area contributed by atoms with Gasteiger partial charge in [-0.15, -0.1) is 10.2 Å². The van der Waals surface area contributed by atoms with E-state index in [1.165, 1.54) is 5.56 Å². The molecule has 0 unspecified atom stereocenters. The summed E-state index contributed by atoms with van der Waals surface area (Å²) in [5.74, 6) is 1.34. The fraction of sp³-hybridized carbons (Fsp3) is 0.333. The topological polar surface area (TPSA) is 71.8 Å². The summed E-state index contributed by atoms with van der Waals surface area (Å²) >= 11 is 6.71. The molecule has 122 valence electrons. The van der Waals surface area contributed by atoms with Gasteiger partial charge in [0.1, 0.15) is 5.82 Å². The molecule has 1 aromatic carbocycles. The average Bonchev–Trinajstić information content (AvgIpc) is 2.87. The van der Waals surface area contributed by atoms with Crippen LogP contribution in [0.3, 0.4) is 0 Å². The first kappa shape index (κ1) is 17.4. The van der Waals surface area contributed by atoms with Crippen LogP contribution in [0.2, 0.25) is 0 Å². The minimum absolute atomic E-state index is 0.103. The molecular formula is C15H19N5OS2. The zero-order chi connectivity index (χ0) is 16.7. The highest BCUT2D eigenvalue weighted by Crippen LogP contribution is 2.20. The lowest BCUT2D eigenvalue weighted by Crippen LogP contribution is -2.38. The van der Waals surface area contributed by atoms with E-state index in [0.717, 1.165) is 12.2 Å². The number of thioether (sulfide) groups is 1. The van der Waals surface area contributed by atoms with Crippen LogP contribution < -0.4 is 10.7 Å². The zero-order valence-corrected chi connectivity index (χ0v) is 14.7. The Hall–Kier alpha value is -1.93. The SMILES string of the molecule is CCCC(=O)NC(=S)Nn1c(C)nnc1SCc1ccccc1. The third kappa shape index (κ3) is 5.33. The summed E-state index contributed by atoms with van der Waals surface area (Å²) in [4.78, 5) is 11.6. The number of carbonyl (C=O) groups is 1. The van der Waals surface area contributed by atoms with Crippen molar-refractivity contribution in [2.45, 2.75) is 37.6 Å². The molecule has 0 saturated carbocycles. The van der Waals surface area contributed by atoms with Gasteiger partial charge in [-0.25, -0.2) is 4.68 Å². The van der Waals surface area contributed by atoms with Gasteiger partial charge in [0.25, 0.3) is 0 Å². The number of aromatic nitrogens is 3. The smallest absolute Gasteiger partial charge is 0.226 e. The van der Waals surface area contributed by atoms with E-state index in [0.29, 0.717) is 17.4 Å². The number of nitrogens with zero attached hydrogens (tertiary/aromatic N) is 3. The molecule has 0 radical (unpaired) electrons. The molecule has 1 heterocycles. The van der Waals surface area contributed by atoms with Gasteiger partial charge in [0.15, 0.2) is 5.11 Å². The molecule has 23 heavy (non-hydrogen) atoms. The fourth-order valence-corrected chi connectivity index (χ4v) is 2.93. The number of thiocarbonyl (C=S) groups is 1. The van der Waals surface area contributed by atoms with Crippen molar-refractivity contribution in [2.24, 2.45) is 0 Å². The van der Waals surface area contributed by atoms with Gasteiger partial charge in [-0.3, -0.25) is 10.2 Å². The van der Waals surface area contributed by atoms with Gasteiger partial charge in [-0.05, 0) is 31.1 Å². The Morgan fingerprint density at radius 2 is 2.04 bits per heavy atom. The first-order chi connectivity index (χ1) is 11.1. The largest absolute Gasteiger partial charge is 0.302 e. The van der Waals surface area contributed by atoms with E-state index in [2.05, 4.69) is 33.1 Å². The number of amides is 1. The predicted octanol–water partition coefficient (Wildman–Crippen LogP) is 2.62. The Balaban J connectivity index is 1.98. The molecule has 1 amide bonds. The van der Waals surface area contributed by atoms with Crippen molar-refractivity contribution < 1.29 is 4.79 Å². The van der Waals surface area contributed by atoms with Crippen LogP contribution in [0.25, 0.3) is 0 Å². The summed E-state index contributed by atoms with van der Waals surface area (Å²) in [6, 6.07) is 10.1. The Bertz CT molecular complexity index is 672. The van der Waals surface area contributed by atoms with Gasteiger partial charge >= 0.3 is 0 Å². The zero-order valence-electron chi connectivity index (χ0n) is 13.1. The highest BCUT2D eigenvalue weighted by atomic mass is 32.2. The molecule has 0 aliphatic heterocycles. The molecule has 2 aromatic rings. The maximum atomic E-state index is 11.6. The van der Waals surface area contributed by atoms with E-state index in [9.17, 15) is 4.79 Å². The Kier molecular flexibility index (Phi) is 6.54. The van der Waals surface area contributed by atoms with Crippen molar-refractivity contribution in [2.75, 3.05) is 5.43 Å². The highest BCUT2D eigenvalue weighted by Gasteiger charge is 2.12. The molecule has 2 rings (SSSR count). The minimum Gasteiger partial charge on any atom is -0.302 e. The van der Waals surface area contributed by atoms with Gasteiger partial charge in [0, 0.05) is 12.2 Å². The third-order valence-corrected chi connectivity index (χ3v) is 4.14. The van der Waals surface area contributed by atoms with Gasteiger partial charge in [0.2, 0.25) is 11.1 Å². The quantitative estimate of drug-likeness (QED) is 0.617. The van der Waals surface area contributed by atoms with E-state index in [1.807, 2.05) is 32.0 Å². The van der Waals surface area contributed by atoms with Gasteiger partial charge in [-0.1, -0.05) is 49.0 Å². The summed E-state index contributed by atoms with van der Waals surface area (Å²) in [6.07, 6.45) is 1.22. The first-order valence-electron chi connectivity index (χ1n) is 7.29. The van der Waals surface area contributed by atoms with E-state index < -0.39 is 0 Å². The molecule has 2 N–H and O–H groups in total. The molecule has 0 aliphatic carbocycles. The molecule has 0 bridgehead atoms. The van der Waals surface area contributed by atoms with Crippen molar-refractivity contribution in [3.05, 3.63) is 41.7 Å². The van der Waals surface area contributed by atoms with Crippen molar-refractivity contribution in [1.29, 1.82) is 0 Å². The normalized spacial score (nSPS) is 10.3. The predicted molar refractivity (Wildman–Crippen MR) is 95.8 cm³/mol. The molecule has 0 atom stereocenters. The number of hydrogen-bond acceptors (Lipinski definition) is 5. The van der Waals surface area contributed by atoms with Gasteiger partial charge < -0.3 is 5.32 Å². The van der Waals surface area contributed by atoms with Crippen LogP contribution in [0.1, 0.15) is 31.2 Å². The van der Waals surface area contributed by atoms with Crippen LogP contribution in [0.15, 0.2) is 35.5 Å². The molecule has 1 aromatic heterocycles. The number of carbonyl (C=O) groups excluding carboxylic acids is 1. The number of nitrogens with one attached hydrogen (secondary N) is 2. The maximum absolute atomic E-state index is 11.6. The number of aryl methyl sites for hydroxylation is 1. The number of hydrogen-bond donors (Lipinski definition) is 2. The fourth-order valence-electron chi connectivity index (χ4n) is 1.83. The van der Waals surface area contributed by atoms with Crippen molar-refractivity contribution in [3.8, 4) is 0 Å². The standard InChI is InChI=1S/C15H19N5OS2/c1-3-7-13(21)16-14(22)19-20-11(2)17-18-15(20)23-10-12-8-5-4-6-9-12/h4-6,8-9H,3,7,10H2,1-2H3,(H2,16,19,21,22). The van der Waals surface area contributed by atoms with Gasteiger partial charge in [0.05, 0.1) is 0 Å². The highest BCUT2D eigenvalue weighted by molar-refractivity contribution is 7.98. The van der Waals surface area contributed by atoms with E-state index in [4.69, 9.17) is 12.2 Å². The van der Waals surface area contributed by atoms with Crippen molar-refractivity contribution >= 4 is 35.0 Å². The second-order valence-corrected chi connectivity index (χ2v) is 6.23. The minimum atomic E-state index is -0.103. The molecule has 6 nitrogen and oxygen atoms in total. The summed E-state index contributed by atoms with van der Waals surface area (Å²) in [7, 11) is 0. The Labute approximate surface area is 145 Å². The summed E-state index contributed by atoms with van der Waals surface area (Å²) in [6.45, 7) is 3.77. The van der Waals surface area contributed by atoms with E-state index >= 15 is 0 Å². The van der Waals surface area contributed by atoms with Crippen LogP contribution in [-0.4, -0.2) is 25.9 Å².